The van der Waals surface area contributed by atoms with E-state index in [0.29, 0.717) is 59.1 Å². The molecule has 0 radical (unpaired) electrons. The third-order valence-electron chi connectivity index (χ3n) is 11.6. The van der Waals surface area contributed by atoms with Crippen LogP contribution >= 0.6 is 0 Å². The van der Waals surface area contributed by atoms with Crippen LogP contribution in [0.15, 0.2) is 61.2 Å². The minimum Gasteiger partial charge on any atom is -0.368 e. The summed E-state index contributed by atoms with van der Waals surface area (Å²) in [5.41, 5.74) is 5.49. The molecule has 3 atom stereocenters. The van der Waals surface area contributed by atoms with E-state index in [-0.39, 0.29) is 17.7 Å². The molecular formula is C41H45N13O2. The summed E-state index contributed by atoms with van der Waals surface area (Å²) in [7, 11) is 0. The quantitative estimate of drug-likeness (QED) is 0.183. The second-order valence-corrected chi connectivity index (χ2v) is 15.4. The number of pyridine rings is 2. The Morgan fingerprint density at radius 3 is 2.57 bits per heavy atom. The molecule has 1 aromatic carbocycles. The average Bonchev–Trinajstić information content (AvgIpc) is 3.88. The van der Waals surface area contributed by atoms with Gasteiger partial charge in [0.1, 0.15) is 17.8 Å². The Kier molecular flexibility index (Phi) is 10.4. The summed E-state index contributed by atoms with van der Waals surface area (Å²) in [5, 5.41) is 38.9. The van der Waals surface area contributed by atoms with Crippen molar-refractivity contribution in [1.29, 1.82) is 10.5 Å². The number of amides is 2. The van der Waals surface area contributed by atoms with Crippen molar-refractivity contribution in [3.05, 3.63) is 78.0 Å². The Morgan fingerprint density at radius 2 is 1.82 bits per heavy atom. The lowest BCUT2D eigenvalue weighted by atomic mass is 9.79. The molecule has 1 unspecified atom stereocenters. The van der Waals surface area contributed by atoms with E-state index < -0.39 is 6.04 Å². The van der Waals surface area contributed by atoms with Crippen molar-refractivity contribution in [3.8, 4) is 23.6 Å². The number of aromatic nitrogens is 7. The fourth-order valence-electron chi connectivity index (χ4n) is 8.49. The maximum absolute atomic E-state index is 12.3. The molecule has 2 amide bonds. The number of imide groups is 1. The first-order valence-corrected chi connectivity index (χ1v) is 19.5. The Bertz CT molecular complexity index is 2310. The highest BCUT2D eigenvalue weighted by Crippen LogP contribution is 2.37. The lowest BCUT2D eigenvalue weighted by Gasteiger charge is -2.42. The zero-order chi connectivity index (χ0) is 38.8. The fourth-order valence-corrected chi connectivity index (χ4v) is 8.49. The fraction of sp³-hybridized carbons (Fsp3) is 0.439. The van der Waals surface area contributed by atoms with Gasteiger partial charge in [0, 0.05) is 61.4 Å². The van der Waals surface area contributed by atoms with E-state index in [2.05, 4.69) is 77.0 Å². The van der Waals surface area contributed by atoms with Gasteiger partial charge < -0.3 is 10.2 Å². The highest BCUT2D eigenvalue weighted by Gasteiger charge is 2.30. The van der Waals surface area contributed by atoms with Crippen LogP contribution in [0.25, 0.3) is 22.5 Å². The Labute approximate surface area is 325 Å². The summed E-state index contributed by atoms with van der Waals surface area (Å²) in [6.07, 6.45) is 13.5. The number of carbonyl (C=O) groups excluding carboxylic acids is 2. The first kappa shape index (κ1) is 36.8. The number of carbonyl (C=O) groups is 2. The first-order chi connectivity index (χ1) is 27.3. The second kappa shape index (κ2) is 15.9. The molecule has 15 nitrogen and oxygen atoms in total. The molecular weight excluding hydrogens is 707 g/mol. The molecule has 15 heteroatoms. The van der Waals surface area contributed by atoms with Crippen molar-refractivity contribution in [2.45, 2.75) is 82.7 Å². The van der Waals surface area contributed by atoms with Crippen LogP contribution < -0.4 is 15.5 Å². The van der Waals surface area contributed by atoms with E-state index in [0.717, 1.165) is 68.5 Å². The van der Waals surface area contributed by atoms with E-state index >= 15 is 0 Å². The van der Waals surface area contributed by atoms with Crippen LogP contribution in [0, 0.1) is 28.6 Å². The van der Waals surface area contributed by atoms with Crippen molar-refractivity contribution in [2.75, 3.05) is 36.4 Å². The Balaban J connectivity index is 0.847. The number of nitriles is 2. The SMILES string of the molecule is C[C@H](C#N)Nc1cc(-n2ncc3cc(C#N)cnc32)ncc1-n1cc(C2CCC(CCN3CCN(c4ccc(C5CCC(=O)NC5=O)cc4)[C@H](C)C3)CC2)nn1. The van der Waals surface area contributed by atoms with Gasteiger partial charge in [-0.25, -0.2) is 14.6 Å². The molecule has 2 N–H and O–H groups in total. The number of piperidine rings is 1. The largest absolute Gasteiger partial charge is 0.368 e. The Morgan fingerprint density at radius 1 is 1.00 bits per heavy atom. The number of benzene rings is 1. The van der Waals surface area contributed by atoms with Crippen molar-refractivity contribution >= 4 is 34.2 Å². The summed E-state index contributed by atoms with van der Waals surface area (Å²) in [4.78, 5) is 38.1. The lowest BCUT2D eigenvalue weighted by molar-refractivity contribution is -0.134. The van der Waals surface area contributed by atoms with Gasteiger partial charge in [0.25, 0.3) is 0 Å². The van der Waals surface area contributed by atoms with Gasteiger partial charge in [-0.3, -0.25) is 19.8 Å². The maximum atomic E-state index is 12.3. The van der Waals surface area contributed by atoms with Crippen molar-refractivity contribution < 1.29 is 9.59 Å². The van der Waals surface area contributed by atoms with Crippen molar-refractivity contribution in [1.82, 2.24) is 45.0 Å². The molecule has 1 saturated carbocycles. The van der Waals surface area contributed by atoms with Gasteiger partial charge in [0.05, 0.1) is 47.5 Å². The van der Waals surface area contributed by atoms with Crippen LogP contribution in [0.2, 0.25) is 0 Å². The van der Waals surface area contributed by atoms with Gasteiger partial charge in [-0.15, -0.1) is 5.10 Å². The average molecular weight is 752 g/mol. The molecule has 56 heavy (non-hydrogen) atoms. The van der Waals surface area contributed by atoms with Gasteiger partial charge in [-0.1, -0.05) is 17.3 Å². The highest BCUT2D eigenvalue weighted by atomic mass is 16.2. The zero-order valence-corrected chi connectivity index (χ0v) is 31.7. The predicted molar refractivity (Wildman–Crippen MR) is 209 cm³/mol. The molecule has 2 saturated heterocycles. The number of piperazine rings is 1. The first-order valence-electron chi connectivity index (χ1n) is 19.5. The minimum absolute atomic E-state index is 0.184. The molecule has 6 heterocycles. The summed E-state index contributed by atoms with van der Waals surface area (Å²) >= 11 is 0. The smallest absolute Gasteiger partial charge is 0.234 e. The molecule has 0 spiro atoms. The number of anilines is 2. The maximum Gasteiger partial charge on any atom is 0.234 e. The lowest BCUT2D eigenvalue weighted by Crippen LogP contribution is -2.52. The molecule has 2 aliphatic heterocycles. The predicted octanol–water partition coefficient (Wildman–Crippen LogP) is 4.99. The van der Waals surface area contributed by atoms with Gasteiger partial charge in [-0.05, 0) is 88.6 Å². The number of rotatable bonds is 10. The van der Waals surface area contributed by atoms with Gasteiger partial charge >= 0.3 is 0 Å². The Hall–Kier alpha value is -6.19. The molecule has 286 valence electrons. The van der Waals surface area contributed by atoms with Crippen LogP contribution in [0.4, 0.5) is 11.4 Å². The minimum atomic E-state index is -0.467. The summed E-state index contributed by atoms with van der Waals surface area (Å²) in [6.45, 7) is 8.19. The molecule has 8 rings (SSSR count). The van der Waals surface area contributed by atoms with Crippen molar-refractivity contribution in [3.63, 3.8) is 0 Å². The molecule has 1 aliphatic carbocycles. The molecule has 3 fully saturated rings. The molecule has 3 aliphatic rings. The standard InChI is InChI=1S/C41H45N13O2/c1-26(19-42)47-35-18-38(54-40-32(22-46-54)17-29(20-43)21-45-40)44-23-37(35)53-25-36(49-50-53)31-5-3-28(4-6-31)13-14-51-15-16-52(27(2)24-51)33-9-7-30(8-10-33)34-11-12-39(55)48-41(34)56/h7-10,17-18,21-23,25-28,31,34H,3-6,11-16,24H2,1-2H3,(H,44,47)(H,48,55,56)/t26-,27-,28?,31?,34?/m1/s1. The van der Waals surface area contributed by atoms with E-state index in [1.54, 1.807) is 34.7 Å². The van der Waals surface area contributed by atoms with Gasteiger partial charge in [0.15, 0.2) is 11.5 Å². The zero-order valence-electron chi connectivity index (χ0n) is 31.7. The topological polar surface area (TPSA) is 187 Å². The molecule has 0 bridgehead atoms. The van der Waals surface area contributed by atoms with Crippen LogP contribution in [0.3, 0.4) is 0 Å². The number of hydrogen-bond acceptors (Lipinski definition) is 12. The normalized spacial score (nSPS) is 22.3. The second-order valence-electron chi connectivity index (χ2n) is 15.4. The van der Waals surface area contributed by atoms with Gasteiger partial charge in [-0.2, -0.15) is 20.3 Å². The van der Waals surface area contributed by atoms with Crippen LogP contribution in [0.1, 0.15) is 87.4 Å². The van der Waals surface area contributed by atoms with E-state index in [1.165, 1.54) is 18.3 Å². The van der Waals surface area contributed by atoms with Crippen molar-refractivity contribution in [2.24, 2.45) is 5.92 Å². The number of nitrogens with one attached hydrogen (secondary N) is 2. The number of hydrogen-bond donors (Lipinski definition) is 2. The van der Waals surface area contributed by atoms with Crippen LogP contribution in [0.5, 0.6) is 0 Å². The summed E-state index contributed by atoms with van der Waals surface area (Å²) < 4.78 is 3.35. The summed E-state index contributed by atoms with van der Waals surface area (Å²) in [6, 6.07) is 16.2. The number of nitrogens with zero attached hydrogens (tertiary/aromatic N) is 11. The van der Waals surface area contributed by atoms with Crippen LogP contribution in [-0.2, 0) is 9.59 Å². The van der Waals surface area contributed by atoms with E-state index in [4.69, 9.17) is 0 Å². The van der Waals surface area contributed by atoms with Crippen LogP contribution in [-0.4, -0.2) is 89.7 Å². The molecule has 4 aromatic heterocycles. The van der Waals surface area contributed by atoms with E-state index in [9.17, 15) is 20.1 Å². The van der Waals surface area contributed by atoms with Gasteiger partial charge in [0.2, 0.25) is 11.8 Å². The highest BCUT2D eigenvalue weighted by molar-refractivity contribution is 6.01. The summed E-state index contributed by atoms with van der Waals surface area (Å²) in [5.74, 6) is 0.909. The monoisotopic (exact) mass is 751 g/mol. The number of fused-ring (bicyclic) bond motifs is 1. The molecule has 5 aromatic rings. The third kappa shape index (κ3) is 7.68. The van der Waals surface area contributed by atoms with E-state index in [1.807, 2.05) is 24.4 Å². The third-order valence-corrected chi connectivity index (χ3v) is 11.6.